The zero-order chi connectivity index (χ0) is 15.6. The number of halogens is 4. The van der Waals surface area contributed by atoms with E-state index in [0.717, 1.165) is 4.90 Å². The van der Waals surface area contributed by atoms with E-state index in [9.17, 15) is 22.4 Å². The number of alkyl halides is 3. The van der Waals surface area contributed by atoms with Gasteiger partial charge in [-0.05, 0) is 18.2 Å². The number of nitrogens with one attached hydrogen (secondary N) is 1. The number of nitrogens with zero attached hydrogens (tertiary/aromatic N) is 2. The van der Waals surface area contributed by atoms with Crippen molar-refractivity contribution >= 4 is 5.91 Å². The number of hydrogen-bond donors (Lipinski definition) is 1. The predicted octanol–water partition coefficient (Wildman–Crippen LogP) is 1.78. The van der Waals surface area contributed by atoms with Crippen LogP contribution in [-0.4, -0.2) is 36.5 Å². The lowest BCUT2D eigenvalue weighted by molar-refractivity contribution is -0.137. The van der Waals surface area contributed by atoms with Gasteiger partial charge in [0.2, 0.25) is 0 Å². The Morgan fingerprint density at radius 1 is 1.43 bits per heavy atom. The fourth-order valence-electron chi connectivity index (χ4n) is 2.08. The molecule has 4 nitrogen and oxygen atoms in total. The zero-order valence-corrected chi connectivity index (χ0v) is 10.7. The van der Waals surface area contributed by atoms with Crippen LogP contribution in [0.4, 0.5) is 17.6 Å². The van der Waals surface area contributed by atoms with Crippen LogP contribution in [0.1, 0.15) is 15.9 Å². The molecule has 21 heavy (non-hydrogen) atoms. The van der Waals surface area contributed by atoms with Crippen LogP contribution >= 0.6 is 0 Å². The third-order valence-corrected chi connectivity index (χ3v) is 3.18. The van der Waals surface area contributed by atoms with E-state index in [-0.39, 0.29) is 13.1 Å². The van der Waals surface area contributed by atoms with Gasteiger partial charge in [-0.3, -0.25) is 4.79 Å². The number of carbonyl (C=O) groups excluding carboxylic acids is 1. The highest BCUT2D eigenvalue weighted by Crippen LogP contribution is 2.30. The van der Waals surface area contributed by atoms with E-state index in [1.54, 1.807) is 0 Å². The Hall–Kier alpha value is -2.14. The number of benzene rings is 1. The van der Waals surface area contributed by atoms with E-state index in [2.05, 4.69) is 5.32 Å². The van der Waals surface area contributed by atoms with E-state index in [1.807, 2.05) is 6.07 Å². The van der Waals surface area contributed by atoms with Crippen molar-refractivity contribution in [1.82, 2.24) is 10.2 Å². The third-order valence-electron chi connectivity index (χ3n) is 3.18. The maximum atomic E-state index is 13.7. The predicted molar refractivity (Wildman–Crippen MR) is 64.7 cm³/mol. The van der Waals surface area contributed by atoms with E-state index in [0.29, 0.717) is 24.7 Å². The molecule has 1 aromatic rings. The first-order valence-electron chi connectivity index (χ1n) is 6.12. The highest BCUT2D eigenvalue weighted by molar-refractivity contribution is 5.95. The number of piperazine rings is 1. The fraction of sp³-hybridized carbons (Fsp3) is 0.385. The first-order valence-corrected chi connectivity index (χ1v) is 6.12. The average molecular weight is 301 g/mol. The molecule has 1 N–H and O–H groups in total. The molecule has 1 atom stereocenters. The van der Waals surface area contributed by atoms with Crippen LogP contribution in [0.3, 0.4) is 0 Å². The van der Waals surface area contributed by atoms with Crippen LogP contribution in [0.5, 0.6) is 0 Å². The molecule has 112 valence electrons. The molecule has 0 aliphatic carbocycles. The topological polar surface area (TPSA) is 56.1 Å². The van der Waals surface area contributed by atoms with E-state index in [4.69, 9.17) is 5.26 Å². The Bertz CT molecular complexity index is 594. The van der Waals surface area contributed by atoms with Gasteiger partial charge in [0.05, 0.1) is 17.2 Å². The summed E-state index contributed by atoms with van der Waals surface area (Å²) < 4.78 is 51.6. The molecule has 1 aromatic carbocycles. The Kier molecular flexibility index (Phi) is 4.14. The quantitative estimate of drug-likeness (QED) is 0.805. The maximum Gasteiger partial charge on any atom is 0.416 e. The highest BCUT2D eigenvalue weighted by atomic mass is 19.4. The van der Waals surface area contributed by atoms with Gasteiger partial charge >= 0.3 is 6.18 Å². The minimum atomic E-state index is -4.67. The van der Waals surface area contributed by atoms with Gasteiger partial charge in [0.25, 0.3) is 5.91 Å². The molecule has 2 rings (SSSR count). The number of amides is 1. The lowest BCUT2D eigenvalue weighted by Gasteiger charge is -2.32. The summed E-state index contributed by atoms with van der Waals surface area (Å²) >= 11 is 0. The molecule has 1 amide bonds. The van der Waals surface area contributed by atoms with Crippen molar-refractivity contribution in [2.45, 2.75) is 12.2 Å². The molecule has 1 aliphatic rings. The van der Waals surface area contributed by atoms with Crippen LogP contribution in [0, 0.1) is 17.1 Å². The Morgan fingerprint density at radius 3 is 2.76 bits per heavy atom. The molecule has 1 fully saturated rings. The molecule has 0 spiro atoms. The third kappa shape index (κ3) is 3.13. The summed E-state index contributed by atoms with van der Waals surface area (Å²) in [6.07, 6.45) is -4.67. The number of carbonyl (C=O) groups is 1. The molecule has 1 aliphatic heterocycles. The second kappa shape index (κ2) is 5.69. The van der Waals surface area contributed by atoms with Crippen molar-refractivity contribution in [3.8, 4) is 6.07 Å². The van der Waals surface area contributed by atoms with Crippen LogP contribution in [0.2, 0.25) is 0 Å². The summed E-state index contributed by atoms with van der Waals surface area (Å²) in [6, 6.07) is 2.70. The summed E-state index contributed by atoms with van der Waals surface area (Å²) in [4.78, 5) is 13.3. The second-order valence-corrected chi connectivity index (χ2v) is 4.54. The van der Waals surface area contributed by atoms with Gasteiger partial charge in [0.1, 0.15) is 11.9 Å². The van der Waals surface area contributed by atoms with Gasteiger partial charge in [0.15, 0.2) is 0 Å². The van der Waals surface area contributed by atoms with Crippen LogP contribution in [0.15, 0.2) is 18.2 Å². The Balaban J connectivity index is 2.36. The zero-order valence-electron chi connectivity index (χ0n) is 10.7. The lowest BCUT2D eigenvalue weighted by atomic mass is 10.1. The van der Waals surface area contributed by atoms with E-state index >= 15 is 0 Å². The van der Waals surface area contributed by atoms with Gasteiger partial charge in [-0.25, -0.2) is 4.39 Å². The van der Waals surface area contributed by atoms with Gasteiger partial charge in [-0.2, -0.15) is 18.4 Å². The van der Waals surface area contributed by atoms with Crippen molar-refractivity contribution in [2.75, 3.05) is 19.6 Å². The molecule has 0 bridgehead atoms. The van der Waals surface area contributed by atoms with Crippen LogP contribution in [-0.2, 0) is 6.18 Å². The molecule has 1 saturated heterocycles. The van der Waals surface area contributed by atoms with Crippen LogP contribution < -0.4 is 5.32 Å². The summed E-state index contributed by atoms with van der Waals surface area (Å²) in [5.41, 5.74) is -1.78. The normalized spacial score (nSPS) is 19.2. The molecule has 1 unspecified atom stereocenters. The Labute approximate surface area is 118 Å². The van der Waals surface area contributed by atoms with Gasteiger partial charge in [0, 0.05) is 19.6 Å². The SMILES string of the molecule is N#CC1CNCCN1C(=O)c1cc(C(F)(F)F)ccc1F. The fourth-order valence-corrected chi connectivity index (χ4v) is 2.08. The maximum absolute atomic E-state index is 13.7. The minimum absolute atomic E-state index is 0.132. The highest BCUT2D eigenvalue weighted by Gasteiger charge is 2.34. The summed E-state index contributed by atoms with van der Waals surface area (Å²) in [6.45, 7) is 0.722. The first kappa shape index (κ1) is 15.3. The summed E-state index contributed by atoms with van der Waals surface area (Å²) in [5, 5.41) is 11.8. The van der Waals surface area contributed by atoms with Crippen molar-refractivity contribution < 1.29 is 22.4 Å². The molecule has 1 heterocycles. The van der Waals surface area contributed by atoms with Crippen molar-refractivity contribution in [3.05, 3.63) is 35.1 Å². The van der Waals surface area contributed by atoms with Crippen molar-refractivity contribution in [2.24, 2.45) is 0 Å². The largest absolute Gasteiger partial charge is 0.416 e. The molecule has 8 heteroatoms. The van der Waals surface area contributed by atoms with Gasteiger partial charge in [-0.1, -0.05) is 0 Å². The van der Waals surface area contributed by atoms with Crippen molar-refractivity contribution in [3.63, 3.8) is 0 Å². The first-order chi connectivity index (χ1) is 9.84. The summed E-state index contributed by atoms with van der Waals surface area (Å²) in [7, 11) is 0. The number of hydrogen-bond acceptors (Lipinski definition) is 3. The molecule has 0 aromatic heterocycles. The lowest BCUT2D eigenvalue weighted by Crippen LogP contribution is -2.53. The smallest absolute Gasteiger partial charge is 0.320 e. The molecular weight excluding hydrogens is 290 g/mol. The monoisotopic (exact) mass is 301 g/mol. The van der Waals surface area contributed by atoms with Gasteiger partial charge in [-0.15, -0.1) is 0 Å². The average Bonchev–Trinajstić information content (AvgIpc) is 2.45. The van der Waals surface area contributed by atoms with E-state index in [1.165, 1.54) is 0 Å². The second-order valence-electron chi connectivity index (χ2n) is 4.54. The molecular formula is C13H11F4N3O. The number of rotatable bonds is 1. The standard InChI is InChI=1S/C13H11F4N3O/c14-11-2-1-8(13(15,16)17)5-10(11)12(21)20-4-3-19-7-9(20)6-18/h1-2,5,9,19H,3-4,7H2. The molecule has 0 radical (unpaired) electrons. The van der Waals surface area contributed by atoms with Crippen LogP contribution in [0.25, 0.3) is 0 Å². The summed E-state index contributed by atoms with van der Waals surface area (Å²) in [5.74, 6) is -1.95. The van der Waals surface area contributed by atoms with Gasteiger partial charge < -0.3 is 10.2 Å². The van der Waals surface area contributed by atoms with E-state index < -0.39 is 35.1 Å². The van der Waals surface area contributed by atoms with Crippen molar-refractivity contribution in [1.29, 1.82) is 5.26 Å². The molecule has 0 saturated carbocycles. The number of nitriles is 1. The minimum Gasteiger partial charge on any atom is -0.320 e. The Morgan fingerprint density at radius 2 is 2.14 bits per heavy atom.